The highest BCUT2D eigenvalue weighted by Gasteiger charge is 2.31. The third-order valence-corrected chi connectivity index (χ3v) is 4.29. The number of hydrogen-bond donors (Lipinski definition) is 0. The molecule has 1 atom stereocenters. The van der Waals surface area contributed by atoms with E-state index in [1.54, 1.807) is 0 Å². The molecule has 1 aliphatic heterocycles. The minimum Gasteiger partial charge on any atom is -0.460 e. The van der Waals surface area contributed by atoms with Crippen LogP contribution in [0.3, 0.4) is 0 Å². The second kappa shape index (κ2) is 7.76. The Labute approximate surface area is 142 Å². The molecule has 1 fully saturated rings. The van der Waals surface area contributed by atoms with Crippen LogP contribution in [-0.4, -0.2) is 30.1 Å². The summed E-state index contributed by atoms with van der Waals surface area (Å²) < 4.78 is 5.40. The van der Waals surface area contributed by atoms with E-state index >= 15 is 0 Å². The first-order chi connectivity index (χ1) is 11.8. The van der Waals surface area contributed by atoms with Crippen molar-refractivity contribution in [3.63, 3.8) is 0 Å². The lowest BCUT2D eigenvalue weighted by molar-refractivity contribution is -0.147. The van der Waals surface area contributed by atoms with Gasteiger partial charge in [0.05, 0.1) is 12.1 Å². The van der Waals surface area contributed by atoms with Gasteiger partial charge in [0, 0.05) is 13.1 Å². The number of ether oxygens (including phenoxy) is 1. The Bertz CT molecular complexity index is 670. The van der Waals surface area contributed by atoms with Gasteiger partial charge in [-0.3, -0.25) is 9.69 Å². The molecule has 122 valence electrons. The van der Waals surface area contributed by atoms with Gasteiger partial charge < -0.3 is 4.74 Å². The number of rotatable bonds is 5. The Morgan fingerprint density at radius 1 is 1.12 bits per heavy atom. The standard InChI is InChI=1S/C20H20N2O2/c21-13-11-19(23)24-18-12-14-22(15-18)20(16-7-3-1-4-8-16)17-9-5-2-6-10-17/h1-10,18,20H,11-12,14-15H2. The summed E-state index contributed by atoms with van der Waals surface area (Å²) in [5, 5.41) is 8.59. The fourth-order valence-corrected chi connectivity index (χ4v) is 3.26. The molecule has 0 spiro atoms. The van der Waals surface area contributed by atoms with E-state index in [0.29, 0.717) is 6.54 Å². The maximum atomic E-state index is 11.6. The third kappa shape index (κ3) is 3.81. The summed E-state index contributed by atoms with van der Waals surface area (Å²) in [6.07, 6.45) is 0.478. The van der Waals surface area contributed by atoms with E-state index in [0.717, 1.165) is 13.0 Å². The molecular weight excluding hydrogens is 300 g/mol. The van der Waals surface area contributed by atoms with E-state index in [1.165, 1.54) is 11.1 Å². The van der Waals surface area contributed by atoms with Gasteiger partial charge in [-0.15, -0.1) is 0 Å². The van der Waals surface area contributed by atoms with Gasteiger partial charge in [0.15, 0.2) is 0 Å². The summed E-state index contributed by atoms with van der Waals surface area (Å²) in [5.41, 5.74) is 2.46. The minimum atomic E-state index is -0.430. The average Bonchev–Trinajstić information content (AvgIpc) is 3.05. The van der Waals surface area contributed by atoms with E-state index in [2.05, 4.69) is 29.2 Å². The molecule has 2 aromatic rings. The van der Waals surface area contributed by atoms with Crippen LogP contribution >= 0.6 is 0 Å². The number of likely N-dealkylation sites (tertiary alicyclic amines) is 1. The molecule has 4 heteroatoms. The van der Waals surface area contributed by atoms with Crippen LogP contribution in [0.25, 0.3) is 0 Å². The molecule has 0 bridgehead atoms. The van der Waals surface area contributed by atoms with Crippen LogP contribution in [0.1, 0.15) is 30.0 Å². The highest BCUT2D eigenvalue weighted by atomic mass is 16.5. The Morgan fingerprint density at radius 2 is 1.71 bits per heavy atom. The van der Waals surface area contributed by atoms with Gasteiger partial charge in [-0.1, -0.05) is 60.7 Å². The number of benzene rings is 2. The van der Waals surface area contributed by atoms with E-state index in [9.17, 15) is 4.79 Å². The fraction of sp³-hybridized carbons (Fsp3) is 0.300. The molecular formula is C20H20N2O2. The Balaban J connectivity index is 1.78. The quantitative estimate of drug-likeness (QED) is 0.793. The number of carbonyl (C=O) groups is 1. The van der Waals surface area contributed by atoms with Crippen molar-refractivity contribution < 1.29 is 9.53 Å². The summed E-state index contributed by atoms with van der Waals surface area (Å²) in [6, 6.07) is 22.7. The molecule has 3 rings (SSSR count). The average molecular weight is 320 g/mol. The molecule has 4 nitrogen and oxygen atoms in total. The summed E-state index contributed by atoms with van der Waals surface area (Å²) >= 11 is 0. The normalized spacial score (nSPS) is 17.6. The predicted octanol–water partition coefficient (Wildman–Crippen LogP) is 3.31. The van der Waals surface area contributed by atoms with Crippen LogP contribution in [0.2, 0.25) is 0 Å². The van der Waals surface area contributed by atoms with Crippen LogP contribution in [-0.2, 0) is 9.53 Å². The number of esters is 1. The number of hydrogen-bond acceptors (Lipinski definition) is 4. The van der Waals surface area contributed by atoms with E-state index in [-0.39, 0.29) is 18.6 Å². The van der Waals surface area contributed by atoms with Gasteiger partial charge in [0.1, 0.15) is 12.5 Å². The molecule has 0 N–H and O–H groups in total. The second-order valence-corrected chi connectivity index (χ2v) is 5.95. The van der Waals surface area contributed by atoms with Gasteiger partial charge >= 0.3 is 5.97 Å². The van der Waals surface area contributed by atoms with Crippen molar-refractivity contribution in [3.8, 4) is 6.07 Å². The van der Waals surface area contributed by atoms with Crippen molar-refractivity contribution in [2.75, 3.05) is 13.1 Å². The molecule has 1 heterocycles. The van der Waals surface area contributed by atoms with Crippen molar-refractivity contribution in [3.05, 3.63) is 71.8 Å². The Hall–Kier alpha value is -2.64. The van der Waals surface area contributed by atoms with Crippen LogP contribution in [0.5, 0.6) is 0 Å². The first kappa shape index (κ1) is 16.2. The van der Waals surface area contributed by atoms with Crippen LogP contribution in [0.15, 0.2) is 60.7 Å². The maximum Gasteiger partial charge on any atom is 0.320 e. The highest BCUT2D eigenvalue weighted by molar-refractivity contribution is 5.72. The van der Waals surface area contributed by atoms with Crippen LogP contribution in [0, 0.1) is 11.3 Å². The lowest BCUT2D eigenvalue weighted by atomic mass is 9.97. The molecule has 2 aromatic carbocycles. The summed E-state index contributed by atoms with van der Waals surface area (Å²) in [4.78, 5) is 13.9. The van der Waals surface area contributed by atoms with Crippen molar-refractivity contribution in [2.24, 2.45) is 0 Å². The molecule has 0 radical (unpaired) electrons. The van der Waals surface area contributed by atoms with Crippen molar-refractivity contribution >= 4 is 5.97 Å². The van der Waals surface area contributed by atoms with E-state index in [4.69, 9.17) is 10.00 Å². The largest absolute Gasteiger partial charge is 0.460 e. The van der Waals surface area contributed by atoms with Crippen molar-refractivity contribution in [2.45, 2.75) is 25.0 Å². The number of carbonyl (C=O) groups excluding carboxylic acids is 1. The third-order valence-electron chi connectivity index (χ3n) is 4.29. The van der Waals surface area contributed by atoms with Gasteiger partial charge in [0.25, 0.3) is 0 Å². The number of nitrogens with zero attached hydrogens (tertiary/aromatic N) is 2. The molecule has 0 aliphatic carbocycles. The number of nitriles is 1. The molecule has 0 saturated carbocycles. The molecule has 24 heavy (non-hydrogen) atoms. The molecule has 1 saturated heterocycles. The maximum absolute atomic E-state index is 11.6. The topological polar surface area (TPSA) is 53.3 Å². The van der Waals surface area contributed by atoms with Gasteiger partial charge in [-0.2, -0.15) is 5.26 Å². The highest BCUT2D eigenvalue weighted by Crippen LogP contribution is 2.32. The first-order valence-electron chi connectivity index (χ1n) is 8.18. The first-order valence-corrected chi connectivity index (χ1v) is 8.18. The van der Waals surface area contributed by atoms with Crippen molar-refractivity contribution in [1.29, 1.82) is 5.26 Å². The molecule has 1 unspecified atom stereocenters. The van der Waals surface area contributed by atoms with Gasteiger partial charge in [0.2, 0.25) is 0 Å². The molecule has 0 aromatic heterocycles. The minimum absolute atomic E-state index is 0.138. The SMILES string of the molecule is N#CCC(=O)OC1CCN(C(c2ccccc2)c2ccccc2)C1. The lowest BCUT2D eigenvalue weighted by Crippen LogP contribution is -2.29. The smallest absolute Gasteiger partial charge is 0.320 e. The summed E-state index contributed by atoms with van der Waals surface area (Å²) in [6.45, 7) is 1.55. The lowest BCUT2D eigenvalue weighted by Gasteiger charge is -2.28. The summed E-state index contributed by atoms with van der Waals surface area (Å²) in [5.74, 6) is -0.430. The zero-order valence-corrected chi connectivity index (χ0v) is 13.5. The Kier molecular flexibility index (Phi) is 5.25. The van der Waals surface area contributed by atoms with Crippen LogP contribution in [0.4, 0.5) is 0 Å². The second-order valence-electron chi connectivity index (χ2n) is 5.95. The summed E-state index contributed by atoms with van der Waals surface area (Å²) in [7, 11) is 0. The van der Waals surface area contributed by atoms with Crippen LogP contribution < -0.4 is 0 Å². The zero-order valence-electron chi connectivity index (χ0n) is 13.5. The predicted molar refractivity (Wildman–Crippen MR) is 91.0 cm³/mol. The van der Waals surface area contributed by atoms with Gasteiger partial charge in [-0.25, -0.2) is 0 Å². The fourth-order valence-electron chi connectivity index (χ4n) is 3.26. The van der Waals surface area contributed by atoms with Gasteiger partial charge in [-0.05, 0) is 17.5 Å². The Morgan fingerprint density at radius 3 is 2.25 bits per heavy atom. The molecule has 0 amide bonds. The van der Waals surface area contributed by atoms with E-state index < -0.39 is 5.97 Å². The monoisotopic (exact) mass is 320 g/mol. The molecule has 1 aliphatic rings. The zero-order chi connectivity index (χ0) is 16.8. The van der Waals surface area contributed by atoms with E-state index in [1.807, 2.05) is 42.5 Å². The van der Waals surface area contributed by atoms with Crippen molar-refractivity contribution in [1.82, 2.24) is 4.90 Å².